The molecule has 0 fully saturated rings. The van der Waals surface area contributed by atoms with Crippen molar-refractivity contribution >= 4 is 50.8 Å². The third kappa shape index (κ3) is 5.77. The molecular weight excluding hydrogens is 460 g/mol. The van der Waals surface area contributed by atoms with Crippen LogP contribution in [-0.2, 0) is 24.3 Å². The van der Waals surface area contributed by atoms with E-state index in [0.717, 1.165) is 10.6 Å². The molecule has 9 nitrogen and oxygen atoms in total. The maximum atomic E-state index is 13.0. The monoisotopic (exact) mass is 482 g/mol. The summed E-state index contributed by atoms with van der Waals surface area (Å²) in [6, 6.07) is 7.38. The number of hydrogen-bond acceptors (Lipinski definition) is 7. The van der Waals surface area contributed by atoms with Gasteiger partial charge in [-0.3, -0.25) is 9.10 Å². The summed E-state index contributed by atoms with van der Waals surface area (Å²) in [7, 11) is -1.54. The molecule has 1 N–H and O–H groups in total. The second-order valence-corrected chi connectivity index (χ2v) is 9.23. The van der Waals surface area contributed by atoms with E-state index in [-0.39, 0.29) is 22.5 Å². The Morgan fingerprint density at radius 2 is 1.53 bits per heavy atom. The zero-order valence-corrected chi connectivity index (χ0v) is 19.7. The predicted molar refractivity (Wildman–Crippen MR) is 121 cm³/mol. The highest BCUT2D eigenvalue weighted by atomic mass is 35.5. The normalized spacial score (nSPS) is 11.9. The van der Waals surface area contributed by atoms with Crippen LogP contribution in [0.25, 0.3) is 0 Å². The number of halogens is 1. The van der Waals surface area contributed by atoms with E-state index >= 15 is 0 Å². The molecule has 0 aliphatic heterocycles. The van der Waals surface area contributed by atoms with Crippen LogP contribution in [0.4, 0.5) is 11.4 Å². The third-order valence-electron chi connectivity index (χ3n) is 4.54. The number of ether oxygens (including phenoxy) is 2. The first-order valence-electron chi connectivity index (χ1n) is 9.27. The topological polar surface area (TPSA) is 119 Å². The smallest absolute Gasteiger partial charge is 0.337 e. The van der Waals surface area contributed by atoms with Crippen LogP contribution in [0, 0.1) is 6.92 Å². The van der Waals surface area contributed by atoms with Gasteiger partial charge in [-0.15, -0.1) is 0 Å². The van der Waals surface area contributed by atoms with Gasteiger partial charge in [-0.25, -0.2) is 18.0 Å². The third-order valence-corrected chi connectivity index (χ3v) is 6.00. The van der Waals surface area contributed by atoms with E-state index in [4.69, 9.17) is 11.6 Å². The molecule has 0 aliphatic carbocycles. The fourth-order valence-corrected chi connectivity index (χ4v) is 4.41. The van der Waals surface area contributed by atoms with Crippen molar-refractivity contribution in [3.8, 4) is 0 Å². The number of amides is 1. The Kier molecular flexibility index (Phi) is 7.87. The van der Waals surface area contributed by atoms with Gasteiger partial charge in [-0.1, -0.05) is 17.7 Å². The molecule has 0 radical (unpaired) electrons. The van der Waals surface area contributed by atoms with Crippen molar-refractivity contribution in [2.75, 3.05) is 30.1 Å². The standard InChI is InChI=1S/C21H23ClN2O7S/c1-12-6-7-16(22)11-18(12)24(32(5,28)29)13(2)19(25)23-17-9-14(20(26)30-3)8-15(10-17)21(27)31-4/h6-11,13H,1-5H3,(H,23,25). The van der Waals surface area contributed by atoms with Gasteiger partial charge in [0.15, 0.2) is 0 Å². The number of hydrogen-bond donors (Lipinski definition) is 1. The molecule has 2 aromatic rings. The fraction of sp³-hybridized carbons (Fsp3) is 0.286. The van der Waals surface area contributed by atoms with Crippen molar-refractivity contribution in [2.45, 2.75) is 19.9 Å². The van der Waals surface area contributed by atoms with Crippen molar-refractivity contribution < 1.29 is 32.3 Å². The Balaban J connectivity index is 2.46. The summed E-state index contributed by atoms with van der Waals surface area (Å²) in [6.45, 7) is 3.10. The van der Waals surface area contributed by atoms with Crippen LogP contribution >= 0.6 is 11.6 Å². The van der Waals surface area contributed by atoms with Crippen LogP contribution < -0.4 is 9.62 Å². The number of carbonyl (C=O) groups is 3. The number of rotatable bonds is 7. The van der Waals surface area contributed by atoms with Crippen molar-refractivity contribution in [3.05, 3.63) is 58.1 Å². The van der Waals surface area contributed by atoms with Crippen LogP contribution in [0.2, 0.25) is 5.02 Å². The van der Waals surface area contributed by atoms with Crippen molar-refractivity contribution in [1.82, 2.24) is 0 Å². The summed E-state index contributed by atoms with van der Waals surface area (Å²) >= 11 is 6.04. The van der Waals surface area contributed by atoms with Crippen molar-refractivity contribution in [2.24, 2.45) is 0 Å². The summed E-state index contributed by atoms with van der Waals surface area (Å²) in [4.78, 5) is 36.9. The van der Waals surface area contributed by atoms with Gasteiger partial charge >= 0.3 is 11.9 Å². The van der Waals surface area contributed by atoms with E-state index in [1.807, 2.05) is 0 Å². The van der Waals surface area contributed by atoms with E-state index in [9.17, 15) is 22.8 Å². The molecule has 0 aliphatic rings. The molecule has 1 amide bonds. The fourth-order valence-electron chi connectivity index (χ4n) is 3.02. The predicted octanol–water partition coefficient (Wildman–Crippen LogP) is 3.01. The Hall–Kier alpha value is -3.11. The van der Waals surface area contributed by atoms with Crippen LogP contribution in [0.15, 0.2) is 36.4 Å². The first-order valence-corrected chi connectivity index (χ1v) is 11.5. The molecule has 0 saturated heterocycles. The maximum absolute atomic E-state index is 13.0. The number of aryl methyl sites for hydroxylation is 1. The zero-order chi connectivity index (χ0) is 24.2. The Labute approximate surface area is 191 Å². The van der Waals surface area contributed by atoms with E-state index in [2.05, 4.69) is 14.8 Å². The Morgan fingerprint density at radius 3 is 2.00 bits per heavy atom. The lowest BCUT2D eigenvalue weighted by molar-refractivity contribution is -0.116. The molecule has 1 unspecified atom stereocenters. The molecule has 0 aromatic heterocycles. The highest BCUT2D eigenvalue weighted by Gasteiger charge is 2.30. The second kappa shape index (κ2) is 10.0. The molecule has 172 valence electrons. The number of nitrogens with zero attached hydrogens (tertiary/aromatic N) is 1. The number of carbonyl (C=O) groups excluding carboxylic acids is 3. The summed E-state index contributed by atoms with van der Waals surface area (Å²) in [5, 5.41) is 2.85. The van der Waals surface area contributed by atoms with Crippen LogP contribution in [0.3, 0.4) is 0 Å². The van der Waals surface area contributed by atoms with Gasteiger partial charge in [-0.05, 0) is 49.7 Å². The van der Waals surface area contributed by atoms with E-state index < -0.39 is 33.9 Å². The Bertz CT molecular complexity index is 1130. The maximum Gasteiger partial charge on any atom is 0.337 e. The molecule has 1 atom stereocenters. The summed E-state index contributed by atoms with van der Waals surface area (Å²) in [5.74, 6) is -2.16. The molecule has 2 aromatic carbocycles. The van der Waals surface area contributed by atoms with Gasteiger partial charge in [0.1, 0.15) is 6.04 Å². The second-order valence-electron chi connectivity index (χ2n) is 6.94. The SMILES string of the molecule is COC(=O)c1cc(NC(=O)C(C)N(c2cc(Cl)ccc2C)S(C)(=O)=O)cc(C(=O)OC)c1. The zero-order valence-electron chi connectivity index (χ0n) is 18.1. The highest BCUT2D eigenvalue weighted by Crippen LogP contribution is 2.29. The summed E-state index contributed by atoms with van der Waals surface area (Å²) < 4.78 is 35.4. The summed E-state index contributed by atoms with van der Waals surface area (Å²) in [6.07, 6.45) is 0.977. The van der Waals surface area contributed by atoms with Crippen molar-refractivity contribution in [3.63, 3.8) is 0 Å². The number of anilines is 2. The van der Waals surface area contributed by atoms with Gasteiger partial charge in [0.05, 0.1) is 37.3 Å². The lowest BCUT2D eigenvalue weighted by Gasteiger charge is -2.29. The van der Waals surface area contributed by atoms with Gasteiger partial charge in [0.2, 0.25) is 15.9 Å². The van der Waals surface area contributed by atoms with E-state index in [1.165, 1.54) is 45.4 Å². The average molecular weight is 483 g/mol. The molecule has 0 heterocycles. The first kappa shape index (κ1) is 25.2. The number of esters is 2. The Morgan fingerprint density at radius 1 is 1.00 bits per heavy atom. The van der Waals surface area contributed by atoms with Crippen LogP contribution in [0.1, 0.15) is 33.2 Å². The lowest BCUT2D eigenvalue weighted by Crippen LogP contribution is -2.45. The summed E-state index contributed by atoms with van der Waals surface area (Å²) in [5.41, 5.74) is 0.941. The largest absolute Gasteiger partial charge is 0.465 e. The molecule has 2 rings (SSSR count). The van der Waals surface area contributed by atoms with E-state index in [0.29, 0.717) is 10.6 Å². The van der Waals surface area contributed by atoms with Crippen molar-refractivity contribution in [1.29, 1.82) is 0 Å². The molecule has 0 saturated carbocycles. The molecular formula is C21H23ClN2O7S. The van der Waals surface area contributed by atoms with Gasteiger partial charge < -0.3 is 14.8 Å². The first-order chi connectivity index (χ1) is 14.9. The number of sulfonamides is 1. The highest BCUT2D eigenvalue weighted by molar-refractivity contribution is 7.92. The number of nitrogens with one attached hydrogen (secondary N) is 1. The minimum atomic E-state index is -3.88. The minimum Gasteiger partial charge on any atom is -0.465 e. The van der Waals surface area contributed by atoms with Gasteiger partial charge in [0, 0.05) is 10.7 Å². The van der Waals surface area contributed by atoms with Gasteiger partial charge in [-0.2, -0.15) is 0 Å². The average Bonchev–Trinajstić information content (AvgIpc) is 2.73. The number of methoxy groups -OCH3 is 2. The lowest BCUT2D eigenvalue weighted by atomic mass is 10.1. The van der Waals surface area contributed by atoms with Crippen LogP contribution in [-0.4, -0.2) is 52.8 Å². The van der Waals surface area contributed by atoms with Crippen LogP contribution in [0.5, 0.6) is 0 Å². The van der Waals surface area contributed by atoms with Gasteiger partial charge in [0.25, 0.3) is 0 Å². The molecule has 11 heteroatoms. The molecule has 32 heavy (non-hydrogen) atoms. The quantitative estimate of drug-likeness (QED) is 0.602. The number of benzene rings is 2. The molecule has 0 spiro atoms. The minimum absolute atomic E-state index is 0.00371. The molecule has 0 bridgehead atoms. The van der Waals surface area contributed by atoms with E-state index in [1.54, 1.807) is 19.1 Å².